The molecule has 2 aromatic heterocycles. The minimum absolute atomic E-state index is 0.113. The van der Waals surface area contributed by atoms with E-state index in [2.05, 4.69) is 15.0 Å². The normalized spacial score (nSPS) is 14.8. The van der Waals surface area contributed by atoms with Crippen LogP contribution in [0.2, 0.25) is 0 Å². The molecule has 0 amide bonds. The van der Waals surface area contributed by atoms with Crippen LogP contribution in [0.25, 0.3) is 22.6 Å². The van der Waals surface area contributed by atoms with Gasteiger partial charge in [0.2, 0.25) is 0 Å². The number of imidazole rings is 1. The third kappa shape index (κ3) is 3.46. The maximum absolute atomic E-state index is 13.3. The van der Waals surface area contributed by atoms with Crippen LogP contribution in [0.1, 0.15) is 21.5 Å². The fourth-order valence-electron chi connectivity index (χ4n) is 3.73. The number of hydrogen-bond donors (Lipinski definition) is 3. The van der Waals surface area contributed by atoms with Gasteiger partial charge in [-0.05, 0) is 30.3 Å². The monoisotopic (exact) mass is 426 g/mol. The van der Waals surface area contributed by atoms with Crippen LogP contribution >= 0.6 is 0 Å². The van der Waals surface area contributed by atoms with Crippen molar-refractivity contribution in [3.05, 3.63) is 71.4 Å². The predicted octanol–water partition coefficient (Wildman–Crippen LogP) is 3.99. The van der Waals surface area contributed by atoms with E-state index in [1.165, 1.54) is 30.5 Å². The molecule has 2 aromatic carbocycles. The number of hydrogen-bond acceptors (Lipinski definition) is 4. The van der Waals surface area contributed by atoms with Gasteiger partial charge in [0.25, 0.3) is 0 Å². The summed E-state index contributed by atoms with van der Waals surface area (Å²) in [6.07, 6.45) is -3.55. The van der Waals surface area contributed by atoms with Crippen LogP contribution in [-0.2, 0) is 6.18 Å². The molecule has 158 valence electrons. The minimum Gasteiger partial charge on any atom is -0.389 e. The van der Waals surface area contributed by atoms with Crippen LogP contribution in [0.15, 0.2) is 54.7 Å². The van der Waals surface area contributed by atoms with E-state index in [4.69, 9.17) is 0 Å². The number of carbonyl (C=O) groups excluding carboxylic acids is 1. The number of nitrogens with zero attached hydrogens (tertiary/aromatic N) is 2. The van der Waals surface area contributed by atoms with E-state index in [9.17, 15) is 23.1 Å². The molecule has 1 aliphatic rings. The highest BCUT2D eigenvalue weighted by molar-refractivity contribution is 6.10. The molecule has 5 rings (SSSR count). The number of aromatic nitrogens is 3. The Labute approximate surface area is 174 Å². The van der Waals surface area contributed by atoms with Crippen molar-refractivity contribution in [3.63, 3.8) is 0 Å². The zero-order chi connectivity index (χ0) is 21.8. The summed E-state index contributed by atoms with van der Waals surface area (Å²) in [6, 6.07) is 11.9. The largest absolute Gasteiger partial charge is 0.417 e. The molecular formula is C22H17F3N4O2. The molecule has 0 spiro atoms. The van der Waals surface area contributed by atoms with Gasteiger partial charge in [-0.15, -0.1) is 0 Å². The highest BCUT2D eigenvalue weighted by Crippen LogP contribution is 2.33. The Balaban J connectivity index is 1.44. The number of aromatic amines is 2. The van der Waals surface area contributed by atoms with Gasteiger partial charge < -0.3 is 20.0 Å². The molecule has 1 saturated heterocycles. The Kier molecular flexibility index (Phi) is 4.37. The summed E-state index contributed by atoms with van der Waals surface area (Å²) in [6.45, 7) is 1.15. The SMILES string of the molecule is O=C(c1c[nH]c(-c2nc3ccc(N4CC(O)C4)cc3[nH]2)c1)c1ccccc1C(F)(F)F. The molecule has 6 nitrogen and oxygen atoms in total. The quantitative estimate of drug-likeness (QED) is 0.431. The first-order valence-corrected chi connectivity index (χ1v) is 9.62. The van der Waals surface area contributed by atoms with Crippen LogP contribution in [0.3, 0.4) is 0 Å². The number of carbonyl (C=O) groups is 1. The number of benzene rings is 2. The first-order valence-electron chi connectivity index (χ1n) is 9.62. The number of nitrogens with one attached hydrogen (secondary N) is 2. The minimum atomic E-state index is -4.62. The van der Waals surface area contributed by atoms with Crippen molar-refractivity contribution in [2.45, 2.75) is 12.3 Å². The molecule has 4 aromatic rings. The summed E-state index contributed by atoms with van der Waals surface area (Å²) >= 11 is 0. The van der Waals surface area contributed by atoms with Gasteiger partial charge in [0.15, 0.2) is 11.6 Å². The van der Waals surface area contributed by atoms with Gasteiger partial charge in [0.05, 0.1) is 28.4 Å². The summed E-state index contributed by atoms with van der Waals surface area (Å²) in [7, 11) is 0. The van der Waals surface area contributed by atoms with E-state index in [-0.39, 0.29) is 11.7 Å². The van der Waals surface area contributed by atoms with Crippen molar-refractivity contribution in [1.82, 2.24) is 15.0 Å². The van der Waals surface area contributed by atoms with E-state index in [1.807, 2.05) is 23.1 Å². The maximum Gasteiger partial charge on any atom is 0.417 e. The molecule has 0 bridgehead atoms. The molecule has 0 atom stereocenters. The lowest BCUT2D eigenvalue weighted by molar-refractivity contribution is -0.137. The van der Waals surface area contributed by atoms with E-state index in [0.29, 0.717) is 30.1 Å². The van der Waals surface area contributed by atoms with E-state index in [1.54, 1.807) is 0 Å². The third-order valence-corrected chi connectivity index (χ3v) is 5.37. The molecular weight excluding hydrogens is 409 g/mol. The molecule has 3 heterocycles. The molecule has 1 fully saturated rings. The van der Waals surface area contributed by atoms with Crippen molar-refractivity contribution in [2.75, 3.05) is 18.0 Å². The number of fused-ring (bicyclic) bond motifs is 1. The summed E-state index contributed by atoms with van der Waals surface area (Å²) < 4.78 is 39.8. The van der Waals surface area contributed by atoms with Gasteiger partial charge in [-0.3, -0.25) is 4.79 Å². The average Bonchev–Trinajstić information content (AvgIpc) is 3.36. The Hall–Kier alpha value is -3.59. The van der Waals surface area contributed by atoms with Crippen LogP contribution in [0.4, 0.5) is 18.9 Å². The van der Waals surface area contributed by atoms with Gasteiger partial charge in [-0.25, -0.2) is 4.98 Å². The molecule has 0 unspecified atom stereocenters. The third-order valence-electron chi connectivity index (χ3n) is 5.37. The number of anilines is 1. The number of aliphatic hydroxyl groups excluding tert-OH is 1. The van der Waals surface area contributed by atoms with Gasteiger partial charge in [-0.2, -0.15) is 13.2 Å². The van der Waals surface area contributed by atoms with Gasteiger partial charge in [0, 0.05) is 36.1 Å². The number of rotatable bonds is 4. The lowest BCUT2D eigenvalue weighted by Gasteiger charge is -2.37. The van der Waals surface area contributed by atoms with Gasteiger partial charge in [0.1, 0.15) is 0 Å². The Morgan fingerprint density at radius 3 is 2.65 bits per heavy atom. The standard InChI is InChI=1S/C22H17F3N4O2/c23-22(24,25)16-4-2-1-3-15(16)20(31)12-7-19(26-9-12)21-27-17-6-5-13(8-18(17)28-21)29-10-14(30)11-29/h1-9,14,26,30H,10-11H2,(H,27,28). The van der Waals surface area contributed by atoms with Gasteiger partial charge in [-0.1, -0.05) is 18.2 Å². The van der Waals surface area contributed by atoms with Crippen LogP contribution in [0.5, 0.6) is 0 Å². The first kappa shape index (κ1) is 19.4. The molecule has 31 heavy (non-hydrogen) atoms. The van der Waals surface area contributed by atoms with Crippen molar-refractivity contribution in [3.8, 4) is 11.5 Å². The molecule has 3 N–H and O–H groups in total. The van der Waals surface area contributed by atoms with E-state index < -0.39 is 23.1 Å². The predicted molar refractivity (Wildman–Crippen MR) is 109 cm³/mol. The number of β-amino-alcohol motifs (C(OH)–C–C–N with tert-alkyl or cyclic N) is 1. The number of aliphatic hydroxyl groups is 1. The summed E-state index contributed by atoms with van der Waals surface area (Å²) in [5.74, 6) is -0.246. The van der Waals surface area contributed by atoms with Crippen molar-refractivity contribution in [2.24, 2.45) is 0 Å². The van der Waals surface area contributed by atoms with Crippen molar-refractivity contribution < 1.29 is 23.1 Å². The average molecular weight is 426 g/mol. The van der Waals surface area contributed by atoms with E-state index in [0.717, 1.165) is 17.3 Å². The molecule has 9 heteroatoms. The zero-order valence-electron chi connectivity index (χ0n) is 16.1. The smallest absolute Gasteiger partial charge is 0.389 e. The second-order valence-corrected chi connectivity index (χ2v) is 7.52. The number of ketones is 1. The molecule has 1 aliphatic heterocycles. The second-order valence-electron chi connectivity index (χ2n) is 7.52. The highest BCUT2D eigenvalue weighted by Gasteiger charge is 2.35. The molecule has 0 radical (unpaired) electrons. The van der Waals surface area contributed by atoms with Gasteiger partial charge >= 0.3 is 6.18 Å². The Morgan fingerprint density at radius 1 is 1.13 bits per heavy atom. The van der Waals surface area contributed by atoms with Crippen molar-refractivity contribution >= 4 is 22.5 Å². The van der Waals surface area contributed by atoms with Crippen LogP contribution in [-0.4, -0.2) is 45.0 Å². The number of alkyl halides is 3. The highest BCUT2D eigenvalue weighted by atomic mass is 19.4. The fraction of sp³-hybridized carbons (Fsp3) is 0.182. The second kappa shape index (κ2) is 6.98. The Morgan fingerprint density at radius 2 is 1.90 bits per heavy atom. The molecule has 0 aliphatic carbocycles. The van der Waals surface area contributed by atoms with Crippen LogP contribution in [0, 0.1) is 0 Å². The summed E-state index contributed by atoms with van der Waals surface area (Å²) in [5, 5.41) is 9.48. The lowest BCUT2D eigenvalue weighted by Crippen LogP contribution is -2.50. The lowest BCUT2D eigenvalue weighted by atomic mass is 9.99. The summed E-state index contributed by atoms with van der Waals surface area (Å²) in [5.41, 5.74) is 1.69. The molecule has 0 saturated carbocycles. The summed E-state index contributed by atoms with van der Waals surface area (Å²) in [4.78, 5) is 25.4. The first-order chi connectivity index (χ1) is 14.8. The number of halogens is 3. The topological polar surface area (TPSA) is 85.0 Å². The number of H-pyrrole nitrogens is 2. The van der Waals surface area contributed by atoms with Crippen LogP contribution < -0.4 is 4.90 Å². The van der Waals surface area contributed by atoms with E-state index >= 15 is 0 Å². The fourth-order valence-corrected chi connectivity index (χ4v) is 3.73. The van der Waals surface area contributed by atoms with Crippen molar-refractivity contribution in [1.29, 1.82) is 0 Å². The maximum atomic E-state index is 13.3. The Bertz CT molecular complexity index is 1290. The zero-order valence-corrected chi connectivity index (χ0v) is 16.1.